The second kappa shape index (κ2) is 16.5. The van der Waals surface area contributed by atoms with Crippen molar-refractivity contribution in [2.45, 2.75) is 69.2 Å². The third-order valence-electron chi connectivity index (χ3n) is 9.04. The number of carbonyl (C=O) groups is 3. The molecule has 270 valence electrons. The van der Waals surface area contributed by atoms with Crippen LogP contribution in [0.5, 0.6) is 0 Å². The van der Waals surface area contributed by atoms with Crippen LogP contribution in [0.1, 0.15) is 88.1 Å². The average molecular weight is 735 g/mol. The van der Waals surface area contributed by atoms with E-state index >= 15 is 0 Å². The number of rotatable bonds is 10. The van der Waals surface area contributed by atoms with Gasteiger partial charge in [-0.2, -0.15) is 0 Å². The highest BCUT2D eigenvalue weighted by molar-refractivity contribution is 8.01. The zero-order valence-electron chi connectivity index (χ0n) is 31.8. The fourth-order valence-electron chi connectivity index (χ4n) is 7.04. The molecule has 0 heterocycles. The highest BCUT2D eigenvalue weighted by atomic mass is 31.2. The van der Waals surface area contributed by atoms with Gasteiger partial charge < -0.3 is 9.09 Å². The van der Waals surface area contributed by atoms with Crippen molar-refractivity contribution in [2.24, 2.45) is 0 Å². The highest BCUT2D eigenvalue weighted by Crippen LogP contribution is 2.53. The van der Waals surface area contributed by atoms with Gasteiger partial charge in [0.25, 0.3) is 5.52 Å². The molecule has 0 amide bonds. The van der Waals surface area contributed by atoms with Gasteiger partial charge in [-0.3, -0.25) is 18.9 Å². The van der Waals surface area contributed by atoms with E-state index in [9.17, 15) is 23.5 Å². The summed E-state index contributed by atoms with van der Waals surface area (Å²) < 4.78 is 33.3. The third-order valence-corrected chi connectivity index (χ3v) is 14.0. The molecule has 5 aromatic carbocycles. The normalized spacial score (nSPS) is 12.3. The van der Waals surface area contributed by atoms with E-state index < -0.39 is 31.1 Å². The lowest BCUT2D eigenvalue weighted by molar-refractivity contribution is 0.103. The van der Waals surface area contributed by atoms with E-state index in [4.69, 9.17) is 4.52 Å². The van der Waals surface area contributed by atoms with Gasteiger partial charge in [-0.15, -0.1) is 0 Å². The second-order valence-electron chi connectivity index (χ2n) is 13.5. The zero-order chi connectivity index (χ0) is 38.5. The Morgan fingerprint density at radius 2 is 0.750 bits per heavy atom. The Hall–Kier alpha value is -4.47. The van der Waals surface area contributed by atoms with Gasteiger partial charge in [-0.1, -0.05) is 102 Å². The van der Waals surface area contributed by atoms with Crippen LogP contribution < -0.4 is 10.6 Å². The van der Waals surface area contributed by atoms with Crippen molar-refractivity contribution in [3.05, 3.63) is 164 Å². The number of carbonyl (C=O) groups excluding carboxylic acids is 3. The lowest BCUT2D eigenvalue weighted by Gasteiger charge is -2.21. The molecule has 0 bridgehead atoms. The molecule has 5 aromatic rings. The molecule has 0 aliphatic carbocycles. The SMILES string of the molecule is CCOP(=O)(C(=O)c1c(C)cc(C)cc1C)c1ccccc1.Cc1cc(C)c(C(=O)P(=O)(C(=O)c2c(C)cc(C)cc2C)c2ccccc2)c(C)c1. The van der Waals surface area contributed by atoms with Crippen molar-refractivity contribution in [2.75, 3.05) is 6.61 Å². The Morgan fingerprint density at radius 3 is 1.06 bits per heavy atom. The topological polar surface area (TPSA) is 94.6 Å². The molecule has 0 saturated carbocycles. The lowest BCUT2D eigenvalue weighted by Crippen LogP contribution is -2.23. The van der Waals surface area contributed by atoms with Gasteiger partial charge in [0.05, 0.1) is 6.61 Å². The first kappa shape index (κ1) is 40.3. The van der Waals surface area contributed by atoms with Gasteiger partial charge in [0.1, 0.15) is 0 Å². The highest BCUT2D eigenvalue weighted by Gasteiger charge is 2.44. The van der Waals surface area contributed by atoms with Gasteiger partial charge in [0, 0.05) is 27.3 Å². The van der Waals surface area contributed by atoms with Crippen LogP contribution in [0.3, 0.4) is 0 Å². The predicted molar refractivity (Wildman–Crippen MR) is 214 cm³/mol. The number of hydrogen-bond acceptors (Lipinski definition) is 6. The summed E-state index contributed by atoms with van der Waals surface area (Å²) in [6, 6.07) is 28.6. The van der Waals surface area contributed by atoms with E-state index in [1.165, 1.54) is 0 Å². The summed E-state index contributed by atoms with van der Waals surface area (Å²) in [5.74, 6) is 0. The average Bonchev–Trinajstić information content (AvgIpc) is 3.07. The molecule has 5 rings (SSSR count). The van der Waals surface area contributed by atoms with Crippen molar-refractivity contribution < 1.29 is 28.0 Å². The van der Waals surface area contributed by atoms with Gasteiger partial charge in [-0.05, 0) is 115 Å². The van der Waals surface area contributed by atoms with E-state index in [-0.39, 0.29) is 11.9 Å². The van der Waals surface area contributed by atoms with Crippen molar-refractivity contribution >= 4 is 41.7 Å². The largest absolute Gasteiger partial charge is 0.320 e. The Morgan fingerprint density at radius 1 is 0.462 bits per heavy atom. The summed E-state index contributed by atoms with van der Waals surface area (Å²) in [6.07, 6.45) is 0. The van der Waals surface area contributed by atoms with E-state index in [1.54, 1.807) is 61.5 Å². The molecule has 0 aliphatic rings. The van der Waals surface area contributed by atoms with Crippen LogP contribution in [0.15, 0.2) is 97.1 Å². The third kappa shape index (κ3) is 8.11. The zero-order valence-corrected chi connectivity index (χ0v) is 33.6. The fraction of sp³-hybridized carbons (Fsp3) is 0.250. The van der Waals surface area contributed by atoms with Crippen LogP contribution in [-0.4, -0.2) is 23.2 Å². The molecule has 0 aliphatic heterocycles. The standard InChI is InChI=1S/C26H27O3P.C18H21O3P/c1-16-12-18(3)23(19(4)13-16)25(27)30(29,22-10-8-7-9-11-22)26(28)24-20(5)14-17(2)15-21(24)6;1-5-21-22(20,16-9-7-6-8-10-16)18(19)17-14(3)11-13(2)12-15(17)4/h7-15H,1-6H3;6-12H,5H2,1-4H3. The van der Waals surface area contributed by atoms with Crippen LogP contribution in [0.25, 0.3) is 0 Å². The Kier molecular flexibility index (Phi) is 12.8. The summed E-state index contributed by atoms with van der Waals surface area (Å²) >= 11 is 0. The van der Waals surface area contributed by atoms with E-state index in [0.717, 1.165) is 50.1 Å². The minimum atomic E-state index is -4.11. The maximum atomic E-state index is 14.5. The molecule has 0 spiro atoms. The van der Waals surface area contributed by atoms with Crippen molar-refractivity contribution in [1.82, 2.24) is 0 Å². The van der Waals surface area contributed by atoms with Crippen LogP contribution in [0, 0.1) is 62.3 Å². The minimum absolute atomic E-state index is 0.224. The Bertz CT molecular complexity index is 2110. The number of hydrogen-bond donors (Lipinski definition) is 0. The van der Waals surface area contributed by atoms with Crippen molar-refractivity contribution in [3.8, 4) is 0 Å². The molecule has 0 radical (unpaired) electrons. The summed E-state index contributed by atoms with van der Waals surface area (Å²) in [4.78, 5) is 40.7. The van der Waals surface area contributed by atoms with Gasteiger partial charge in [0.2, 0.25) is 18.2 Å². The van der Waals surface area contributed by atoms with Crippen LogP contribution in [0.4, 0.5) is 0 Å². The molecule has 6 nitrogen and oxygen atoms in total. The molecule has 1 atom stereocenters. The molecular formula is C44H48O6P2. The van der Waals surface area contributed by atoms with Gasteiger partial charge in [0.15, 0.2) is 0 Å². The Balaban J connectivity index is 0.000000244. The molecule has 0 fully saturated rings. The summed E-state index contributed by atoms with van der Waals surface area (Å²) in [5.41, 5.74) is 7.39. The van der Waals surface area contributed by atoms with E-state index in [0.29, 0.717) is 22.0 Å². The van der Waals surface area contributed by atoms with Crippen LogP contribution >= 0.6 is 14.5 Å². The first-order chi connectivity index (χ1) is 24.5. The quantitative estimate of drug-likeness (QED) is 0.133. The molecule has 1 unspecified atom stereocenters. The summed E-state index contributed by atoms with van der Waals surface area (Å²) in [5, 5.41) is 0.722. The summed E-state index contributed by atoms with van der Waals surface area (Å²) in [6.45, 7) is 18.9. The summed E-state index contributed by atoms with van der Waals surface area (Å²) in [7, 11) is -7.71. The molecule has 52 heavy (non-hydrogen) atoms. The number of aryl methyl sites for hydroxylation is 9. The minimum Gasteiger partial charge on any atom is -0.320 e. The first-order valence-electron chi connectivity index (χ1n) is 17.3. The van der Waals surface area contributed by atoms with E-state index in [2.05, 4.69) is 0 Å². The van der Waals surface area contributed by atoms with Gasteiger partial charge in [-0.25, -0.2) is 0 Å². The number of benzene rings is 5. The van der Waals surface area contributed by atoms with Crippen molar-refractivity contribution in [3.63, 3.8) is 0 Å². The van der Waals surface area contributed by atoms with E-state index in [1.807, 2.05) is 105 Å². The maximum Gasteiger partial charge on any atom is 0.300 e. The molecule has 0 aromatic heterocycles. The smallest absolute Gasteiger partial charge is 0.300 e. The van der Waals surface area contributed by atoms with Gasteiger partial charge >= 0.3 is 7.37 Å². The molecule has 0 saturated heterocycles. The molecule has 8 heteroatoms. The predicted octanol–water partition coefficient (Wildman–Crippen LogP) is 10.6. The fourth-order valence-corrected chi connectivity index (χ4v) is 11.7. The maximum absolute atomic E-state index is 14.5. The second-order valence-corrected chi connectivity index (χ2v) is 18.3. The Labute approximate surface area is 308 Å². The van der Waals surface area contributed by atoms with Crippen molar-refractivity contribution in [1.29, 1.82) is 0 Å². The molecule has 0 N–H and O–H groups in total. The monoisotopic (exact) mass is 734 g/mol. The lowest BCUT2D eigenvalue weighted by atomic mass is 10.0. The van der Waals surface area contributed by atoms with Crippen LogP contribution in [0.2, 0.25) is 0 Å². The van der Waals surface area contributed by atoms with Crippen LogP contribution in [-0.2, 0) is 13.7 Å². The molecular weight excluding hydrogens is 686 g/mol. The first-order valence-corrected chi connectivity index (χ1v) is 20.6.